The van der Waals surface area contributed by atoms with Crippen LogP contribution in [0.1, 0.15) is 29.0 Å². The third-order valence-electron chi connectivity index (χ3n) is 4.30. The Balaban J connectivity index is 1.51. The van der Waals surface area contributed by atoms with E-state index < -0.39 is 0 Å². The van der Waals surface area contributed by atoms with Crippen LogP contribution in [-0.4, -0.2) is 39.6 Å². The highest BCUT2D eigenvalue weighted by molar-refractivity contribution is 7.13. The predicted molar refractivity (Wildman–Crippen MR) is 107 cm³/mol. The Morgan fingerprint density at radius 3 is 2.78 bits per heavy atom. The van der Waals surface area contributed by atoms with Gasteiger partial charge in [-0.25, -0.2) is 19.9 Å². The minimum atomic E-state index is -0.103. The van der Waals surface area contributed by atoms with E-state index in [9.17, 15) is 0 Å². The number of rotatable bonds is 4. The Morgan fingerprint density at radius 2 is 2.00 bits per heavy atom. The standard InChI is InChI=1S/C19H22N6OS/c1-12-9-18(22-14(3)20-12)25-7-8-26-16(10-25)15-5-4-6-17(23-15)24-19-21-13(2)11-27-19/h4-6,9,11,16H,7-8,10H2,1-3H3,(H,21,23,24)/t16-/m0/s1. The number of pyridine rings is 1. The molecule has 4 heterocycles. The third kappa shape index (κ3) is 4.23. The molecule has 27 heavy (non-hydrogen) atoms. The van der Waals surface area contributed by atoms with Gasteiger partial charge in [0.05, 0.1) is 24.5 Å². The van der Waals surface area contributed by atoms with Gasteiger partial charge in [0.25, 0.3) is 0 Å². The molecule has 0 aliphatic carbocycles. The average molecular weight is 382 g/mol. The zero-order valence-corrected chi connectivity index (χ0v) is 16.5. The number of nitrogens with one attached hydrogen (secondary N) is 1. The van der Waals surface area contributed by atoms with Gasteiger partial charge < -0.3 is 15.0 Å². The molecule has 1 aliphatic heterocycles. The van der Waals surface area contributed by atoms with Crippen LogP contribution in [0, 0.1) is 20.8 Å². The van der Waals surface area contributed by atoms with Crippen LogP contribution in [0.3, 0.4) is 0 Å². The molecule has 0 aromatic carbocycles. The summed E-state index contributed by atoms with van der Waals surface area (Å²) in [5.74, 6) is 2.51. The van der Waals surface area contributed by atoms with Gasteiger partial charge in [0.15, 0.2) is 5.13 Å². The van der Waals surface area contributed by atoms with Crippen molar-refractivity contribution in [2.45, 2.75) is 26.9 Å². The molecule has 8 heteroatoms. The van der Waals surface area contributed by atoms with Gasteiger partial charge in [0.2, 0.25) is 0 Å². The first-order valence-corrected chi connectivity index (χ1v) is 9.80. The van der Waals surface area contributed by atoms with Gasteiger partial charge in [0, 0.05) is 23.7 Å². The first kappa shape index (κ1) is 17.8. The van der Waals surface area contributed by atoms with E-state index in [0.29, 0.717) is 13.2 Å². The van der Waals surface area contributed by atoms with E-state index in [0.717, 1.165) is 46.2 Å². The van der Waals surface area contributed by atoms with E-state index in [1.165, 1.54) is 0 Å². The van der Waals surface area contributed by atoms with E-state index in [1.54, 1.807) is 11.3 Å². The van der Waals surface area contributed by atoms with Crippen LogP contribution in [0.25, 0.3) is 0 Å². The van der Waals surface area contributed by atoms with E-state index >= 15 is 0 Å². The van der Waals surface area contributed by atoms with Crippen molar-refractivity contribution in [1.29, 1.82) is 0 Å². The summed E-state index contributed by atoms with van der Waals surface area (Å²) in [6.07, 6.45) is -0.103. The second-order valence-electron chi connectivity index (χ2n) is 6.59. The SMILES string of the molecule is Cc1cc(N2CCO[C@H](c3cccc(Nc4nc(C)cs4)n3)C2)nc(C)n1. The zero-order valence-electron chi connectivity index (χ0n) is 15.6. The summed E-state index contributed by atoms with van der Waals surface area (Å²) >= 11 is 1.57. The molecule has 140 valence electrons. The topological polar surface area (TPSA) is 76.1 Å². The van der Waals surface area contributed by atoms with E-state index in [-0.39, 0.29) is 6.10 Å². The van der Waals surface area contributed by atoms with Gasteiger partial charge in [-0.1, -0.05) is 6.07 Å². The van der Waals surface area contributed by atoms with Crippen LogP contribution < -0.4 is 10.2 Å². The maximum absolute atomic E-state index is 6.00. The number of nitrogens with zero attached hydrogens (tertiary/aromatic N) is 5. The fraction of sp³-hybridized carbons (Fsp3) is 0.368. The summed E-state index contributed by atoms with van der Waals surface area (Å²) in [7, 11) is 0. The smallest absolute Gasteiger partial charge is 0.188 e. The number of ether oxygens (including phenoxy) is 1. The molecule has 0 unspecified atom stereocenters. The second kappa shape index (κ2) is 7.58. The van der Waals surface area contributed by atoms with Gasteiger partial charge in [-0.3, -0.25) is 0 Å². The van der Waals surface area contributed by atoms with Crippen LogP contribution in [0.5, 0.6) is 0 Å². The molecule has 1 atom stereocenters. The molecule has 3 aromatic rings. The number of morpholine rings is 1. The monoisotopic (exact) mass is 382 g/mol. The lowest BCUT2D eigenvalue weighted by Gasteiger charge is -2.33. The first-order chi connectivity index (χ1) is 13.1. The van der Waals surface area contributed by atoms with Crippen LogP contribution in [0.15, 0.2) is 29.6 Å². The third-order valence-corrected chi connectivity index (χ3v) is 5.17. The minimum absolute atomic E-state index is 0.103. The number of thiazole rings is 1. The normalized spacial score (nSPS) is 17.1. The van der Waals surface area contributed by atoms with Crippen molar-refractivity contribution in [3.05, 3.63) is 52.6 Å². The molecular weight excluding hydrogens is 360 g/mol. The largest absolute Gasteiger partial charge is 0.368 e. The molecule has 0 bridgehead atoms. The quantitative estimate of drug-likeness (QED) is 0.739. The summed E-state index contributed by atoms with van der Waals surface area (Å²) < 4.78 is 6.00. The lowest BCUT2D eigenvalue weighted by Crippen LogP contribution is -2.39. The molecule has 0 saturated carbocycles. The molecule has 1 N–H and O–H groups in total. The van der Waals surface area contributed by atoms with Gasteiger partial charge in [-0.15, -0.1) is 11.3 Å². The number of aryl methyl sites for hydroxylation is 3. The van der Waals surface area contributed by atoms with Crippen molar-refractivity contribution in [3.8, 4) is 0 Å². The van der Waals surface area contributed by atoms with Crippen molar-refractivity contribution in [1.82, 2.24) is 19.9 Å². The predicted octanol–water partition coefficient (Wildman–Crippen LogP) is 3.57. The summed E-state index contributed by atoms with van der Waals surface area (Å²) in [5.41, 5.74) is 2.88. The molecule has 1 aliphatic rings. The van der Waals surface area contributed by atoms with Crippen LogP contribution in [0.2, 0.25) is 0 Å². The Morgan fingerprint density at radius 1 is 1.11 bits per heavy atom. The van der Waals surface area contributed by atoms with E-state index in [2.05, 4.69) is 25.2 Å². The summed E-state index contributed by atoms with van der Waals surface area (Å²) in [6, 6.07) is 7.96. The van der Waals surface area contributed by atoms with Gasteiger partial charge in [0.1, 0.15) is 23.6 Å². The van der Waals surface area contributed by atoms with Gasteiger partial charge in [-0.05, 0) is 32.9 Å². The highest BCUT2D eigenvalue weighted by atomic mass is 32.1. The molecule has 0 radical (unpaired) electrons. The molecule has 0 spiro atoms. The van der Waals surface area contributed by atoms with E-state index in [1.807, 2.05) is 50.4 Å². The Bertz CT molecular complexity index is 923. The van der Waals surface area contributed by atoms with Crippen LogP contribution in [0.4, 0.5) is 16.8 Å². The molecular formula is C19H22N6OS. The van der Waals surface area contributed by atoms with Crippen molar-refractivity contribution < 1.29 is 4.74 Å². The minimum Gasteiger partial charge on any atom is -0.368 e. The van der Waals surface area contributed by atoms with Crippen molar-refractivity contribution in [3.63, 3.8) is 0 Å². The van der Waals surface area contributed by atoms with Crippen LogP contribution >= 0.6 is 11.3 Å². The summed E-state index contributed by atoms with van der Waals surface area (Å²) in [6.45, 7) is 8.05. The Hall–Kier alpha value is -2.58. The molecule has 3 aromatic heterocycles. The maximum atomic E-state index is 6.00. The molecule has 4 rings (SSSR count). The Kier molecular flexibility index (Phi) is 5.00. The number of anilines is 3. The van der Waals surface area contributed by atoms with E-state index in [4.69, 9.17) is 9.72 Å². The van der Waals surface area contributed by atoms with Gasteiger partial charge in [-0.2, -0.15) is 0 Å². The second-order valence-corrected chi connectivity index (χ2v) is 7.45. The molecule has 1 saturated heterocycles. The molecule has 7 nitrogen and oxygen atoms in total. The van der Waals surface area contributed by atoms with Crippen molar-refractivity contribution in [2.75, 3.05) is 29.9 Å². The first-order valence-electron chi connectivity index (χ1n) is 8.92. The highest BCUT2D eigenvalue weighted by Crippen LogP contribution is 2.26. The lowest BCUT2D eigenvalue weighted by atomic mass is 10.2. The zero-order chi connectivity index (χ0) is 18.8. The highest BCUT2D eigenvalue weighted by Gasteiger charge is 2.24. The fourth-order valence-electron chi connectivity index (χ4n) is 3.12. The lowest BCUT2D eigenvalue weighted by molar-refractivity contribution is 0.0368. The summed E-state index contributed by atoms with van der Waals surface area (Å²) in [5, 5.41) is 6.13. The Labute approximate surface area is 162 Å². The number of aromatic nitrogens is 4. The maximum Gasteiger partial charge on any atom is 0.188 e. The number of hydrogen-bond donors (Lipinski definition) is 1. The van der Waals surface area contributed by atoms with Crippen molar-refractivity contribution in [2.24, 2.45) is 0 Å². The molecule has 1 fully saturated rings. The fourth-order valence-corrected chi connectivity index (χ4v) is 3.81. The average Bonchev–Trinajstić information content (AvgIpc) is 3.06. The van der Waals surface area contributed by atoms with Crippen molar-refractivity contribution >= 4 is 28.1 Å². The number of hydrogen-bond acceptors (Lipinski definition) is 8. The van der Waals surface area contributed by atoms with Crippen LogP contribution in [-0.2, 0) is 4.74 Å². The molecule has 0 amide bonds. The summed E-state index contributed by atoms with van der Waals surface area (Å²) in [4.78, 5) is 20.3. The van der Waals surface area contributed by atoms with Gasteiger partial charge >= 0.3 is 0 Å².